The Hall–Kier alpha value is -2.68. The SMILES string of the molecule is COCn1ccc(C(=O)Nc2c(C(N)=O)n[nH]c2C(C)C)n1. The van der Waals surface area contributed by atoms with E-state index in [-0.39, 0.29) is 29.7 Å². The predicted molar refractivity (Wildman–Crippen MR) is 78.4 cm³/mol. The highest BCUT2D eigenvalue weighted by molar-refractivity contribution is 6.07. The summed E-state index contributed by atoms with van der Waals surface area (Å²) in [5.74, 6) is -1.15. The van der Waals surface area contributed by atoms with Crippen LogP contribution >= 0.6 is 0 Å². The van der Waals surface area contributed by atoms with E-state index in [1.54, 1.807) is 12.3 Å². The van der Waals surface area contributed by atoms with Crippen LogP contribution in [0.25, 0.3) is 0 Å². The van der Waals surface area contributed by atoms with E-state index in [2.05, 4.69) is 20.6 Å². The summed E-state index contributed by atoms with van der Waals surface area (Å²) >= 11 is 0. The molecule has 0 aromatic carbocycles. The van der Waals surface area contributed by atoms with Gasteiger partial charge in [0, 0.05) is 13.3 Å². The normalized spacial score (nSPS) is 10.9. The van der Waals surface area contributed by atoms with Crippen LogP contribution in [0.2, 0.25) is 0 Å². The lowest BCUT2D eigenvalue weighted by molar-refractivity contribution is 0.0996. The molecule has 0 aliphatic heterocycles. The Kier molecular flexibility index (Phi) is 4.56. The lowest BCUT2D eigenvalue weighted by Gasteiger charge is -2.08. The van der Waals surface area contributed by atoms with Gasteiger partial charge in [-0.25, -0.2) is 4.68 Å². The molecule has 4 N–H and O–H groups in total. The summed E-state index contributed by atoms with van der Waals surface area (Å²) in [6.07, 6.45) is 1.62. The van der Waals surface area contributed by atoms with Crippen LogP contribution in [0.5, 0.6) is 0 Å². The number of carbonyl (C=O) groups excluding carboxylic acids is 2. The molecule has 9 heteroatoms. The Morgan fingerprint density at radius 1 is 1.50 bits per heavy atom. The van der Waals surface area contributed by atoms with Crippen LogP contribution in [-0.2, 0) is 11.5 Å². The van der Waals surface area contributed by atoms with Crippen molar-refractivity contribution >= 4 is 17.5 Å². The highest BCUT2D eigenvalue weighted by Crippen LogP contribution is 2.25. The summed E-state index contributed by atoms with van der Waals surface area (Å²) in [6, 6.07) is 1.55. The van der Waals surface area contributed by atoms with Gasteiger partial charge in [0.2, 0.25) is 0 Å². The lowest BCUT2D eigenvalue weighted by Crippen LogP contribution is -2.19. The molecule has 0 radical (unpaired) electrons. The molecular weight excluding hydrogens is 288 g/mol. The topological polar surface area (TPSA) is 128 Å². The van der Waals surface area contributed by atoms with Crippen LogP contribution in [0.4, 0.5) is 5.69 Å². The molecule has 0 saturated carbocycles. The highest BCUT2D eigenvalue weighted by Gasteiger charge is 2.22. The van der Waals surface area contributed by atoms with Crippen LogP contribution in [-0.4, -0.2) is 38.9 Å². The van der Waals surface area contributed by atoms with Gasteiger partial charge in [0.1, 0.15) is 6.73 Å². The van der Waals surface area contributed by atoms with E-state index in [0.717, 1.165) is 0 Å². The standard InChI is InChI=1S/C13H18N6O3/c1-7(2)9-10(11(12(14)20)17-16-9)15-13(21)8-4-5-19(18-8)6-22-3/h4-5,7H,6H2,1-3H3,(H2,14,20)(H,15,21)(H,16,17). The van der Waals surface area contributed by atoms with Gasteiger partial charge in [0.25, 0.3) is 11.8 Å². The third kappa shape index (κ3) is 3.14. The van der Waals surface area contributed by atoms with Gasteiger partial charge in [-0.15, -0.1) is 0 Å². The first-order valence-electron chi connectivity index (χ1n) is 6.65. The molecule has 2 aromatic heterocycles. The van der Waals surface area contributed by atoms with E-state index in [4.69, 9.17) is 10.5 Å². The first kappa shape index (κ1) is 15.7. The van der Waals surface area contributed by atoms with Gasteiger partial charge >= 0.3 is 0 Å². The molecule has 2 amide bonds. The maximum Gasteiger partial charge on any atom is 0.276 e. The van der Waals surface area contributed by atoms with Crippen molar-refractivity contribution in [2.45, 2.75) is 26.5 Å². The van der Waals surface area contributed by atoms with Gasteiger partial charge in [-0.2, -0.15) is 10.2 Å². The summed E-state index contributed by atoms with van der Waals surface area (Å²) in [7, 11) is 1.53. The smallest absolute Gasteiger partial charge is 0.276 e. The van der Waals surface area contributed by atoms with E-state index in [1.807, 2.05) is 13.8 Å². The largest absolute Gasteiger partial charge is 0.364 e. The zero-order valence-electron chi connectivity index (χ0n) is 12.6. The van der Waals surface area contributed by atoms with E-state index in [9.17, 15) is 9.59 Å². The summed E-state index contributed by atoms with van der Waals surface area (Å²) in [5, 5.41) is 13.3. The van der Waals surface area contributed by atoms with Crippen molar-refractivity contribution < 1.29 is 14.3 Å². The van der Waals surface area contributed by atoms with Crippen molar-refractivity contribution in [3.8, 4) is 0 Å². The predicted octanol–water partition coefficient (Wildman–Crippen LogP) is 0.685. The summed E-state index contributed by atoms with van der Waals surface area (Å²) < 4.78 is 6.40. The minimum atomic E-state index is -0.719. The number of anilines is 1. The second-order valence-electron chi connectivity index (χ2n) is 4.99. The number of rotatable bonds is 6. The number of carbonyl (C=O) groups is 2. The molecule has 0 spiro atoms. The Bertz CT molecular complexity index is 688. The van der Waals surface area contributed by atoms with Crippen LogP contribution in [0, 0.1) is 0 Å². The number of hydrogen-bond donors (Lipinski definition) is 3. The summed E-state index contributed by atoms with van der Waals surface area (Å²) in [5.41, 5.74) is 6.38. The van der Waals surface area contributed by atoms with Crippen molar-refractivity contribution in [2.24, 2.45) is 5.73 Å². The number of aromatic amines is 1. The first-order valence-corrected chi connectivity index (χ1v) is 6.65. The lowest BCUT2D eigenvalue weighted by atomic mass is 10.1. The number of aromatic nitrogens is 4. The molecule has 0 bridgehead atoms. The molecule has 9 nitrogen and oxygen atoms in total. The van der Waals surface area contributed by atoms with Crippen LogP contribution in [0.15, 0.2) is 12.3 Å². The quantitative estimate of drug-likeness (QED) is 0.723. The number of nitrogens with two attached hydrogens (primary N) is 1. The van der Waals surface area contributed by atoms with E-state index in [1.165, 1.54) is 11.8 Å². The third-order valence-electron chi connectivity index (χ3n) is 2.98. The van der Waals surface area contributed by atoms with Crippen molar-refractivity contribution in [1.82, 2.24) is 20.0 Å². The van der Waals surface area contributed by atoms with Gasteiger partial charge in [0.15, 0.2) is 11.4 Å². The summed E-state index contributed by atoms with van der Waals surface area (Å²) in [6.45, 7) is 4.05. The number of ether oxygens (including phenoxy) is 1. The molecule has 2 aromatic rings. The number of hydrogen-bond acceptors (Lipinski definition) is 5. The average Bonchev–Trinajstić information content (AvgIpc) is 3.05. The highest BCUT2D eigenvalue weighted by atomic mass is 16.5. The third-order valence-corrected chi connectivity index (χ3v) is 2.98. The summed E-state index contributed by atoms with van der Waals surface area (Å²) in [4.78, 5) is 23.7. The molecule has 2 heterocycles. The van der Waals surface area contributed by atoms with E-state index < -0.39 is 11.8 Å². The Balaban J connectivity index is 2.26. The van der Waals surface area contributed by atoms with Gasteiger partial charge in [-0.05, 0) is 12.0 Å². The maximum atomic E-state index is 12.3. The Labute approximate surface area is 126 Å². The van der Waals surface area contributed by atoms with Crippen molar-refractivity contribution in [1.29, 1.82) is 0 Å². The molecule has 2 rings (SSSR count). The van der Waals surface area contributed by atoms with Crippen molar-refractivity contribution in [3.05, 3.63) is 29.3 Å². The zero-order chi connectivity index (χ0) is 16.3. The first-order chi connectivity index (χ1) is 10.4. The molecule has 0 aliphatic rings. The Morgan fingerprint density at radius 3 is 2.82 bits per heavy atom. The van der Waals surface area contributed by atoms with Gasteiger partial charge in [0.05, 0.1) is 11.4 Å². The van der Waals surface area contributed by atoms with Crippen molar-refractivity contribution in [3.63, 3.8) is 0 Å². The molecule has 0 atom stereocenters. The minimum Gasteiger partial charge on any atom is -0.364 e. The van der Waals surface area contributed by atoms with Crippen molar-refractivity contribution in [2.75, 3.05) is 12.4 Å². The molecule has 0 aliphatic carbocycles. The van der Waals surface area contributed by atoms with Gasteiger partial charge in [-0.3, -0.25) is 14.7 Å². The molecule has 0 unspecified atom stereocenters. The number of nitrogens with zero attached hydrogens (tertiary/aromatic N) is 3. The molecule has 0 fully saturated rings. The second-order valence-corrected chi connectivity index (χ2v) is 4.99. The van der Waals surface area contributed by atoms with Crippen LogP contribution in [0.1, 0.15) is 46.4 Å². The molecular formula is C13H18N6O3. The fourth-order valence-electron chi connectivity index (χ4n) is 1.94. The van der Waals surface area contributed by atoms with Gasteiger partial charge in [-0.1, -0.05) is 13.8 Å². The number of methoxy groups -OCH3 is 1. The zero-order valence-corrected chi connectivity index (χ0v) is 12.6. The monoisotopic (exact) mass is 306 g/mol. The fourth-order valence-corrected chi connectivity index (χ4v) is 1.94. The number of nitrogens with one attached hydrogen (secondary N) is 2. The van der Waals surface area contributed by atoms with E-state index in [0.29, 0.717) is 5.69 Å². The molecule has 22 heavy (non-hydrogen) atoms. The Morgan fingerprint density at radius 2 is 2.23 bits per heavy atom. The molecule has 0 saturated heterocycles. The minimum absolute atomic E-state index is 0.00614. The number of amides is 2. The van der Waals surface area contributed by atoms with E-state index >= 15 is 0 Å². The number of primary amides is 1. The van der Waals surface area contributed by atoms with Crippen LogP contribution in [0.3, 0.4) is 0 Å². The number of H-pyrrole nitrogens is 1. The maximum absolute atomic E-state index is 12.3. The molecule has 118 valence electrons. The van der Waals surface area contributed by atoms with Crippen LogP contribution < -0.4 is 11.1 Å². The second kappa shape index (κ2) is 6.39. The average molecular weight is 306 g/mol. The fraction of sp³-hybridized carbons (Fsp3) is 0.385. The van der Waals surface area contributed by atoms with Gasteiger partial charge < -0.3 is 15.8 Å².